The van der Waals surface area contributed by atoms with Crippen molar-refractivity contribution in [2.45, 2.75) is 19.4 Å². The van der Waals surface area contributed by atoms with Crippen molar-refractivity contribution in [3.05, 3.63) is 24.8 Å². The van der Waals surface area contributed by atoms with Gasteiger partial charge in [0.1, 0.15) is 0 Å². The number of methoxy groups -OCH3 is 1. The van der Waals surface area contributed by atoms with Crippen LogP contribution in [0, 0.1) is 0 Å². The van der Waals surface area contributed by atoms with Crippen molar-refractivity contribution in [3.8, 4) is 0 Å². The molecule has 0 aromatic rings. The third-order valence-corrected chi connectivity index (χ3v) is 1.93. The molecule has 1 atom stereocenters. The first-order chi connectivity index (χ1) is 5.86. The van der Waals surface area contributed by atoms with E-state index in [2.05, 4.69) is 17.1 Å². The highest BCUT2D eigenvalue weighted by Gasteiger charge is 2.07. The molecule has 0 saturated carbocycles. The second-order valence-electron chi connectivity index (χ2n) is 2.76. The van der Waals surface area contributed by atoms with E-state index in [1.54, 1.807) is 7.11 Å². The predicted molar refractivity (Wildman–Crippen MR) is 49.2 cm³/mol. The van der Waals surface area contributed by atoms with Gasteiger partial charge in [0, 0.05) is 38.5 Å². The van der Waals surface area contributed by atoms with Crippen LogP contribution in [0.1, 0.15) is 13.3 Å². The molecular weight excluding hydrogens is 152 g/mol. The van der Waals surface area contributed by atoms with Crippen molar-refractivity contribution in [2.24, 2.45) is 0 Å². The summed E-state index contributed by atoms with van der Waals surface area (Å²) >= 11 is 0. The summed E-state index contributed by atoms with van der Waals surface area (Å²) in [7, 11) is 1.75. The summed E-state index contributed by atoms with van der Waals surface area (Å²) in [6, 6.07) is 0. The molecule has 0 spiro atoms. The van der Waals surface area contributed by atoms with Gasteiger partial charge in [0.2, 0.25) is 0 Å². The Bertz CT molecular complexity index is 161. The summed E-state index contributed by atoms with van der Waals surface area (Å²) < 4.78 is 5.27. The molecule has 1 N–H and O–H groups in total. The molecule has 3 heteroatoms. The van der Waals surface area contributed by atoms with E-state index < -0.39 is 0 Å². The Balaban J connectivity index is 2.33. The van der Waals surface area contributed by atoms with Gasteiger partial charge in [0.15, 0.2) is 0 Å². The molecular formula is C9H16N2O. The molecule has 0 fully saturated rings. The second-order valence-corrected chi connectivity index (χ2v) is 2.76. The first-order valence-electron chi connectivity index (χ1n) is 4.24. The molecule has 68 valence electrons. The third kappa shape index (κ3) is 2.58. The van der Waals surface area contributed by atoms with Gasteiger partial charge in [-0.25, -0.2) is 0 Å². The smallest absolute Gasteiger partial charge is 0.0747 e. The molecule has 1 aliphatic rings. The van der Waals surface area contributed by atoms with Crippen LogP contribution < -0.4 is 5.32 Å². The van der Waals surface area contributed by atoms with Gasteiger partial charge in [0.25, 0.3) is 0 Å². The lowest BCUT2D eigenvalue weighted by Crippen LogP contribution is -2.27. The highest BCUT2D eigenvalue weighted by molar-refractivity contribution is 4.98. The number of hydrogen-bond donors (Lipinski definition) is 1. The van der Waals surface area contributed by atoms with Crippen LogP contribution in [-0.4, -0.2) is 24.7 Å². The summed E-state index contributed by atoms with van der Waals surface area (Å²) in [4.78, 5) is 2.11. The molecule has 1 aliphatic heterocycles. The van der Waals surface area contributed by atoms with E-state index in [1.165, 1.54) is 0 Å². The molecule has 0 saturated heterocycles. The van der Waals surface area contributed by atoms with Crippen molar-refractivity contribution in [2.75, 3.05) is 13.7 Å². The topological polar surface area (TPSA) is 24.5 Å². The molecule has 0 radical (unpaired) electrons. The quantitative estimate of drug-likeness (QED) is 0.684. The van der Waals surface area contributed by atoms with Crippen molar-refractivity contribution in [3.63, 3.8) is 0 Å². The summed E-state index contributed by atoms with van der Waals surface area (Å²) in [6.45, 7) is 3.05. The average molecular weight is 168 g/mol. The minimum absolute atomic E-state index is 0.317. The van der Waals surface area contributed by atoms with E-state index in [4.69, 9.17) is 4.74 Å². The molecule has 0 aromatic heterocycles. The summed E-state index contributed by atoms with van der Waals surface area (Å²) in [5.41, 5.74) is 0. The standard InChI is InChI=1S/C9H16N2O/c1-3-9(12-2)8-11-6-4-10-5-7-11/h4-7,9-10H,3,8H2,1-2H3. The normalized spacial score (nSPS) is 17.7. The van der Waals surface area contributed by atoms with Crippen LogP contribution in [0.15, 0.2) is 24.8 Å². The van der Waals surface area contributed by atoms with Gasteiger partial charge < -0.3 is 15.0 Å². The van der Waals surface area contributed by atoms with Crippen LogP contribution >= 0.6 is 0 Å². The zero-order valence-electron chi connectivity index (χ0n) is 7.66. The van der Waals surface area contributed by atoms with Crippen molar-refractivity contribution < 1.29 is 4.74 Å². The fourth-order valence-electron chi connectivity index (χ4n) is 1.11. The zero-order valence-corrected chi connectivity index (χ0v) is 7.66. The van der Waals surface area contributed by atoms with Crippen LogP contribution in [0.5, 0.6) is 0 Å². The number of ether oxygens (including phenoxy) is 1. The molecule has 3 nitrogen and oxygen atoms in total. The van der Waals surface area contributed by atoms with Gasteiger partial charge in [-0.1, -0.05) is 6.92 Å². The van der Waals surface area contributed by atoms with E-state index in [9.17, 15) is 0 Å². The molecule has 12 heavy (non-hydrogen) atoms. The minimum Gasteiger partial charge on any atom is -0.380 e. The number of rotatable bonds is 4. The SMILES string of the molecule is CCC(CN1C=CNC=C1)OC. The summed E-state index contributed by atoms with van der Waals surface area (Å²) in [5.74, 6) is 0. The van der Waals surface area contributed by atoms with Crippen LogP contribution in [-0.2, 0) is 4.74 Å². The Morgan fingerprint density at radius 2 is 2.08 bits per heavy atom. The van der Waals surface area contributed by atoms with E-state index in [0.717, 1.165) is 13.0 Å². The molecule has 0 aromatic carbocycles. The maximum Gasteiger partial charge on any atom is 0.0747 e. The highest BCUT2D eigenvalue weighted by Crippen LogP contribution is 2.03. The zero-order chi connectivity index (χ0) is 8.81. The van der Waals surface area contributed by atoms with E-state index in [0.29, 0.717) is 6.10 Å². The molecule has 1 heterocycles. The average Bonchev–Trinajstić information content (AvgIpc) is 2.16. The number of nitrogens with one attached hydrogen (secondary N) is 1. The Labute approximate surface area is 73.7 Å². The third-order valence-electron chi connectivity index (χ3n) is 1.93. The lowest BCUT2D eigenvalue weighted by Gasteiger charge is -2.22. The fourth-order valence-corrected chi connectivity index (χ4v) is 1.11. The van der Waals surface area contributed by atoms with Gasteiger partial charge >= 0.3 is 0 Å². The Kier molecular flexibility index (Phi) is 3.67. The number of nitrogens with zero attached hydrogens (tertiary/aromatic N) is 1. The fraction of sp³-hybridized carbons (Fsp3) is 0.556. The van der Waals surface area contributed by atoms with Crippen LogP contribution in [0.25, 0.3) is 0 Å². The van der Waals surface area contributed by atoms with Crippen LogP contribution in [0.3, 0.4) is 0 Å². The molecule has 0 aliphatic carbocycles. The van der Waals surface area contributed by atoms with Crippen LogP contribution in [0.2, 0.25) is 0 Å². The predicted octanol–water partition coefficient (Wildman–Crippen LogP) is 1.26. The van der Waals surface area contributed by atoms with Gasteiger partial charge in [-0.3, -0.25) is 0 Å². The maximum absolute atomic E-state index is 5.27. The lowest BCUT2D eigenvalue weighted by molar-refractivity contribution is 0.0833. The number of hydrogen-bond acceptors (Lipinski definition) is 3. The molecule has 1 unspecified atom stereocenters. The maximum atomic E-state index is 5.27. The first-order valence-corrected chi connectivity index (χ1v) is 4.24. The Hall–Kier alpha value is -0.960. The van der Waals surface area contributed by atoms with E-state index >= 15 is 0 Å². The summed E-state index contributed by atoms with van der Waals surface area (Å²) in [5, 5.41) is 2.98. The van der Waals surface area contributed by atoms with E-state index in [1.807, 2.05) is 24.8 Å². The second kappa shape index (κ2) is 4.83. The lowest BCUT2D eigenvalue weighted by atomic mass is 10.2. The molecule has 0 amide bonds. The largest absolute Gasteiger partial charge is 0.380 e. The van der Waals surface area contributed by atoms with Crippen molar-refractivity contribution in [1.29, 1.82) is 0 Å². The molecule has 1 rings (SSSR count). The van der Waals surface area contributed by atoms with Crippen molar-refractivity contribution in [1.82, 2.24) is 10.2 Å². The monoisotopic (exact) mass is 168 g/mol. The van der Waals surface area contributed by atoms with Gasteiger partial charge in [-0.2, -0.15) is 0 Å². The van der Waals surface area contributed by atoms with Gasteiger partial charge in [-0.05, 0) is 6.42 Å². The minimum atomic E-state index is 0.317. The first kappa shape index (κ1) is 9.13. The van der Waals surface area contributed by atoms with Gasteiger partial charge in [0.05, 0.1) is 6.10 Å². The Morgan fingerprint density at radius 3 is 2.58 bits per heavy atom. The van der Waals surface area contributed by atoms with Crippen LogP contribution in [0.4, 0.5) is 0 Å². The highest BCUT2D eigenvalue weighted by atomic mass is 16.5. The van der Waals surface area contributed by atoms with Crippen molar-refractivity contribution >= 4 is 0 Å². The van der Waals surface area contributed by atoms with Gasteiger partial charge in [-0.15, -0.1) is 0 Å². The summed E-state index contributed by atoms with van der Waals surface area (Å²) in [6.07, 6.45) is 9.17. The molecule has 0 bridgehead atoms. The van der Waals surface area contributed by atoms with E-state index in [-0.39, 0.29) is 0 Å². The Morgan fingerprint density at radius 1 is 1.42 bits per heavy atom.